The number of sulfonamides is 1. The first-order valence-corrected chi connectivity index (χ1v) is 7.03. The molecule has 0 bridgehead atoms. The highest BCUT2D eigenvalue weighted by molar-refractivity contribution is 9.10. The van der Waals surface area contributed by atoms with Gasteiger partial charge in [-0.2, -0.15) is 0 Å². The summed E-state index contributed by atoms with van der Waals surface area (Å²) in [5, 5.41) is 0. The lowest BCUT2D eigenvalue weighted by Crippen LogP contribution is -2.37. The number of allylic oxidation sites excluding steroid dienone is 1. The monoisotopic (exact) mass is 295 g/mol. The van der Waals surface area contributed by atoms with Crippen molar-refractivity contribution in [3.05, 3.63) is 25.3 Å². The molecule has 0 saturated heterocycles. The molecule has 0 aliphatic carbocycles. The SMILES string of the molecule is C=CCCC(=O)N(CC=C)S(=O)(=O)CBr. The first kappa shape index (κ1) is 14.4. The molecule has 6 heteroatoms. The molecular formula is C9H14BrNO3S. The molecule has 0 aromatic heterocycles. The van der Waals surface area contributed by atoms with Gasteiger partial charge in [0.2, 0.25) is 15.9 Å². The summed E-state index contributed by atoms with van der Waals surface area (Å²) in [6.45, 7) is 6.89. The van der Waals surface area contributed by atoms with E-state index in [2.05, 4.69) is 29.1 Å². The number of carbonyl (C=O) groups is 1. The highest BCUT2D eigenvalue weighted by atomic mass is 79.9. The van der Waals surface area contributed by atoms with E-state index in [1.54, 1.807) is 6.08 Å². The molecular weight excluding hydrogens is 282 g/mol. The lowest BCUT2D eigenvalue weighted by Gasteiger charge is -2.19. The number of carbonyl (C=O) groups excluding carboxylic acids is 1. The van der Waals surface area contributed by atoms with Crippen LogP contribution in [0.15, 0.2) is 25.3 Å². The quantitative estimate of drug-likeness (QED) is 0.530. The second-order valence-corrected chi connectivity index (χ2v) is 5.96. The van der Waals surface area contributed by atoms with Gasteiger partial charge in [-0.25, -0.2) is 12.7 Å². The molecule has 15 heavy (non-hydrogen) atoms. The average Bonchev–Trinajstić information content (AvgIpc) is 2.22. The standard InChI is InChI=1S/C9H14BrNO3S/c1-3-5-6-9(12)11(7-4-2)15(13,14)8-10/h3-4H,1-2,5-8H2. The molecule has 0 atom stereocenters. The summed E-state index contributed by atoms with van der Waals surface area (Å²) < 4.78 is 23.5. The van der Waals surface area contributed by atoms with Crippen LogP contribution in [0.2, 0.25) is 0 Å². The third-order valence-electron chi connectivity index (χ3n) is 1.61. The maximum Gasteiger partial charge on any atom is 0.247 e. The smallest absolute Gasteiger partial charge is 0.247 e. The lowest BCUT2D eigenvalue weighted by molar-refractivity contribution is -0.126. The molecule has 0 unspecified atom stereocenters. The van der Waals surface area contributed by atoms with E-state index in [0.29, 0.717) is 6.42 Å². The number of nitrogens with zero attached hydrogens (tertiary/aromatic N) is 1. The molecule has 0 aliphatic rings. The number of amides is 1. The van der Waals surface area contributed by atoms with Gasteiger partial charge in [-0.3, -0.25) is 4.79 Å². The molecule has 86 valence electrons. The van der Waals surface area contributed by atoms with Crippen molar-refractivity contribution in [1.82, 2.24) is 4.31 Å². The van der Waals surface area contributed by atoms with E-state index in [1.807, 2.05) is 0 Å². The number of alkyl halides is 1. The predicted molar refractivity (Wildman–Crippen MR) is 64.1 cm³/mol. The minimum atomic E-state index is -3.56. The van der Waals surface area contributed by atoms with Crippen molar-refractivity contribution in [3.63, 3.8) is 0 Å². The fourth-order valence-electron chi connectivity index (χ4n) is 0.897. The summed E-state index contributed by atoms with van der Waals surface area (Å²) in [7, 11) is -3.56. The van der Waals surface area contributed by atoms with E-state index < -0.39 is 15.9 Å². The van der Waals surface area contributed by atoms with Gasteiger partial charge in [0, 0.05) is 6.42 Å². The Balaban J connectivity index is 4.73. The van der Waals surface area contributed by atoms with Crippen LogP contribution in [0.3, 0.4) is 0 Å². The Labute approximate surface area is 98.8 Å². The third-order valence-corrected chi connectivity index (χ3v) is 4.64. The summed E-state index contributed by atoms with van der Waals surface area (Å²) in [5.74, 6) is -0.436. The maximum atomic E-state index is 11.5. The molecule has 0 aliphatic heterocycles. The zero-order chi connectivity index (χ0) is 11.9. The Morgan fingerprint density at radius 3 is 2.33 bits per heavy atom. The van der Waals surface area contributed by atoms with E-state index >= 15 is 0 Å². The van der Waals surface area contributed by atoms with Gasteiger partial charge in [-0.1, -0.05) is 28.1 Å². The topological polar surface area (TPSA) is 54.5 Å². The first-order valence-electron chi connectivity index (χ1n) is 4.30. The maximum absolute atomic E-state index is 11.5. The fraction of sp³-hybridized carbons (Fsp3) is 0.444. The average molecular weight is 296 g/mol. The van der Waals surface area contributed by atoms with Crippen LogP contribution in [0, 0.1) is 0 Å². The van der Waals surface area contributed by atoms with E-state index in [0.717, 1.165) is 4.31 Å². The zero-order valence-corrected chi connectivity index (χ0v) is 10.8. The van der Waals surface area contributed by atoms with Gasteiger partial charge < -0.3 is 0 Å². The highest BCUT2D eigenvalue weighted by Crippen LogP contribution is 2.08. The zero-order valence-electron chi connectivity index (χ0n) is 8.36. The molecule has 0 aromatic carbocycles. The van der Waals surface area contributed by atoms with E-state index in [4.69, 9.17) is 0 Å². The van der Waals surface area contributed by atoms with Crippen molar-refractivity contribution in [3.8, 4) is 0 Å². The Morgan fingerprint density at radius 1 is 1.33 bits per heavy atom. The Morgan fingerprint density at radius 2 is 1.93 bits per heavy atom. The van der Waals surface area contributed by atoms with Gasteiger partial charge in [0.1, 0.15) is 4.66 Å². The molecule has 1 amide bonds. The number of rotatable bonds is 7. The van der Waals surface area contributed by atoms with Crippen LogP contribution >= 0.6 is 15.9 Å². The van der Waals surface area contributed by atoms with Crippen molar-refractivity contribution in [1.29, 1.82) is 0 Å². The van der Waals surface area contributed by atoms with Gasteiger partial charge in [0.05, 0.1) is 6.54 Å². The van der Waals surface area contributed by atoms with Crippen molar-refractivity contribution < 1.29 is 13.2 Å². The molecule has 0 spiro atoms. The molecule has 0 aromatic rings. The van der Waals surface area contributed by atoms with Crippen LogP contribution in [-0.2, 0) is 14.8 Å². The van der Waals surface area contributed by atoms with Crippen LogP contribution in [0.1, 0.15) is 12.8 Å². The summed E-state index contributed by atoms with van der Waals surface area (Å²) in [5.41, 5.74) is 0. The summed E-state index contributed by atoms with van der Waals surface area (Å²) in [6, 6.07) is 0. The molecule has 0 N–H and O–H groups in total. The van der Waals surface area contributed by atoms with Gasteiger partial charge in [-0.05, 0) is 6.42 Å². The molecule has 0 rings (SSSR count). The van der Waals surface area contributed by atoms with Crippen molar-refractivity contribution in [2.24, 2.45) is 0 Å². The molecule has 0 heterocycles. The van der Waals surface area contributed by atoms with Crippen LogP contribution < -0.4 is 0 Å². The van der Waals surface area contributed by atoms with Crippen LogP contribution in [-0.4, -0.2) is 29.8 Å². The summed E-state index contributed by atoms with van der Waals surface area (Å²) >= 11 is 2.84. The van der Waals surface area contributed by atoms with Crippen molar-refractivity contribution in [2.75, 3.05) is 11.2 Å². The number of hydrogen-bond acceptors (Lipinski definition) is 3. The van der Waals surface area contributed by atoms with E-state index in [-0.39, 0.29) is 17.6 Å². The molecule has 0 fully saturated rings. The van der Waals surface area contributed by atoms with E-state index in [1.165, 1.54) is 6.08 Å². The van der Waals surface area contributed by atoms with Crippen molar-refractivity contribution >= 4 is 31.9 Å². The van der Waals surface area contributed by atoms with Crippen molar-refractivity contribution in [2.45, 2.75) is 12.8 Å². The normalized spacial score (nSPS) is 10.7. The number of halogens is 1. The predicted octanol–water partition coefficient (Wildman–Crippen LogP) is 1.65. The minimum absolute atomic E-state index is 0.00388. The van der Waals surface area contributed by atoms with Gasteiger partial charge in [-0.15, -0.1) is 13.2 Å². The Bertz CT molecular complexity index is 337. The third kappa shape index (κ3) is 4.61. The lowest BCUT2D eigenvalue weighted by atomic mass is 10.3. The Kier molecular flexibility index (Phi) is 6.51. The highest BCUT2D eigenvalue weighted by Gasteiger charge is 2.24. The van der Waals surface area contributed by atoms with Crippen LogP contribution in [0.5, 0.6) is 0 Å². The van der Waals surface area contributed by atoms with Gasteiger partial charge in [0.25, 0.3) is 0 Å². The molecule has 0 saturated carbocycles. The van der Waals surface area contributed by atoms with Crippen LogP contribution in [0.4, 0.5) is 0 Å². The van der Waals surface area contributed by atoms with Crippen LogP contribution in [0.25, 0.3) is 0 Å². The molecule has 0 radical (unpaired) electrons. The summed E-state index contributed by atoms with van der Waals surface area (Å²) in [4.78, 5) is 11.5. The molecule has 4 nitrogen and oxygen atoms in total. The largest absolute Gasteiger partial charge is 0.274 e. The Hall–Kier alpha value is -0.620. The van der Waals surface area contributed by atoms with Gasteiger partial charge >= 0.3 is 0 Å². The summed E-state index contributed by atoms with van der Waals surface area (Å²) in [6.07, 6.45) is 3.56. The second kappa shape index (κ2) is 6.79. The second-order valence-electron chi connectivity index (χ2n) is 2.76. The van der Waals surface area contributed by atoms with Gasteiger partial charge in [0.15, 0.2) is 0 Å². The minimum Gasteiger partial charge on any atom is -0.274 e. The van der Waals surface area contributed by atoms with E-state index in [9.17, 15) is 13.2 Å². The number of hydrogen-bond donors (Lipinski definition) is 0. The fourth-order valence-corrected chi connectivity index (χ4v) is 2.49. The first-order chi connectivity index (χ1) is 6.99.